The van der Waals surface area contributed by atoms with Gasteiger partial charge in [0.25, 0.3) is 0 Å². The fourth-order valence-corrected chi connectivity index (χ4v) is 0.919. The molecule has 1 aromatic rings. The van der Waals surface area contributed by atoms with Crippen LogP contribution in [0.4, 0.5) is 5.69 Å². The van der Waals surface area contributed by atoms with E-state index in [2.05, 4.69) is 0 Å². The van der Waals surface area contributed by atoms with Crippen molar-refractivity contribution in [1.29, 1.82) is 0 Å². The molecule has 1 rings (SSSR count). The average Bonchev–Trinajstić information content (AvgIpc) is 1.94. The van der Waals surface area contributed by atoms with Crippen molar-refractivity contribution < 1.29 is 5.02 Å². The first-order valence-electron chi connectivity index (χ1n) is 3.65. The Morgan fingerprint density at radius 3 is 2.55 bits per heavy atom. The Hall–Kier alpha value is -0.955. The molecule has 2 nitrogen and oxygen atoms in total. The normalized spacial score (nSPS) is 9.73. The van der Waals surface area contributed by atoms with Crippen molar-refractivity contribution in [2.75, 3.05) is 5.73 Å². The highest BCUT2D eigenvalue weighted by Crippen LogP contribution is 2.06. The Kier molecular flexibility index (Phi) is 2.20. The molecule has 3 N–H and O–H groups in total. The van der Waals surface area contributed by atoms with E-state index in [9.17, 15) is 5.02 Å². The summed E-state index contributed by atoms with van der Waals surface area (Å²) >= 11 is 0. The fraction of sp³-hybridized carbons (Fsp3) is 0.250. The fourth-order valence-electron chi connectivity index (χ4n) is 0.919. The summed E-state index contributed by atoms with van der Waals surface area (Å²) in [6.07, 6.45) is 0. The second-order valence-electron chi connectivity index (χ2n) is 2.79. The van der Waals surface area contributed by atoms with Crippen LogP contribution in [0.5, 0.6) is 0 Å². The molecule has 0 spiro atoms. The minimum Gasteiger partial charge on any atom is -0.446 e. The third kappa shape index (κ3) is 1.74. The van der Waals surface area contributed by atoms with Gasteiger partial charge in [-0.25, -0.2) is 0 Å². The molecule has 0 amide bonds. The number of nitrogens with two attached hydrogens (primary N) is 1. The molecule has 0 saturated carbocycles. The highest BCUT2D eigenvalue weighted by Gasteiger charge is 2.06. The number of hydrogen-bond acceptors (Lipinski definition) is 2. The minimum absolute atomic E-state index is 0.433. The molecule has 0 unspecified atom stereocenters. The van der Waals surface area contributed by atoms with E-state index in [0.717, 1.165) is 16.7 Å². The summed E-state index contributed by atoms with van der Waals surface area (Å²) in [6.45, 7) is 3.24. The Labute approximate surface area is 67.2 Å². The maximum absolute atomic E-state index is 9.18. The van der Waals surface area contributed by atoms with Gasteiger partial charge in [0, 0.05) is 5.69 Å². The summed E-state index contributed by atoms with van der Waals surface area (Å²) in [5, 5.41) is 9.18. The van der Waals surface area contributed by atoms with Gasteiger partial charge in [0.05, 0.1) is 0 Å². The first-order chi connectivity index (χ1) is 5.11. The van der Waals surface area contributed by atoms with Crippen LogP contribution >= 0.6 is 0 Å². The number of benzene rings is 1. The van der Waals surface area contributed by atoms with E-state index in [-0.39, 0.29) is 0 Å². The lowest BCUT2D eigenvalue weighted by Crippen LogP contribution is -2.26. The van der Waals surface area contributed by atoms with Gasteiger partial charge >= 0.3 is 6.92 Å². The molecule has 0 aliphatic rings. The van der Waals surface area contributed by atoms with Crippen molar-refractivity contribution in [2.24, 2.45) is 0 Å². The highest BCUT2D eigenvalue weighted by molar-refractivity contribution is 6.64. The predicted octanol–water partition coefficient (Wildman–Crippen LogP) is 0.398. The van der Waals surface area contributed by atoms with E-state index in [0.29, 0.717) is 0 Å². The van der Waals surface area contributed by atoms with Crippen LogP contribution in [-0.2, 0) is 0 Å². The number of nitrogen functional groups attached to an aromatic ring is 1. The van der Waals surface area contributed by atoms with E-state index in [4.69, 9.17) is 5.73 Å². The van der Waals surface area contributed by atoms with Gasteiger partial charge in [0.1, 0.15) is 0 Å². The highest BCUT2D eigenvalue weighted by atomic mass is 16.2. The van der Waals surface area contributed by atoms with E-state index in [1.54, 1.807) is 12.9 Å². The second kappa shape index (κ2) is 2.97. The summed E-state index contributed by atoms with van der Waals surface area (Å²) in [5.74, 6) is 0. The monoisotopic (exact) mass is 149 g/mol. The summed E-state index contributed by atoms with van der Waals surface area (Å²) < 4.78 is 0. The van der Waals surface area contributed by atoms with Gasteiger partial charge < -0.3 is 10.8 Å². The molecular formula is C8H12BNO. The van der Waals surface area contributed by atoms with Gasteiger partial charge in [-0.1, -0.05) is 19.0 Å². The topological polar surface area (TPSA) is 46.2 Å². The van der Waals surface area contributed by atoms with E-state index >= 15 is 0 Å². The number of hydrogen-bond donors (Lipinski definition) is 2. The Morgan fingerprint density at radius 1 is 1.45 bits per heavy atom. The molecule has 0 aliphatic carbocycles. The van der Waals surface area contributed by atoms with Gasteiger partial charge in [-0.15, -0.1) is 0 Å². The first kappa shape index (κ1) is 8.14. The number of aryl methyl sites for hydroxylation is 1. The average molecular weight is 149 g/mol. The van der Waals surface area contributed by atoms with E-state index in [1.807, 2.05) is 19.1 Å². The standard InChI is InChI=1S/C8H12BNO/c1-6-3-4-7(9(2)11)5-8(6)10/h3-5,11H,10H2,1-2H3. The quantitative estimate of drug-likeness (QED) is 0.448. The van der Waals surface area contributed by atoms with Crippen LogP contribution in [-0.4, -0.2) is 11.9 Å². The first-order valence-corrected chi connectivity index (χ1v) is 3.65. The zero-order valence-electron chi connectivity index (χ0n) is 6.83. The van der Waals surface area contributed by atoms with Crippen LogP contribution in [0, 0.1) is 6.92 Å². The lowest BCUT2D eigenvalue weighted by atomic mass is 9.64. The molecule has 0 atom stereocenters. The number of anilines is 1. The van der Waals surface area contributed by atoms with Gasteiger partial charge in [0.15, 0.2) is 0 Å². The van der Waals surface area contributed by atoms with Crippen molar-refractivity contribution in [3.8, 4) is 0 Å². The van der Waals surface area contributed by atoms with E-state index in [1.165, 1.54) is 0 Å². The smallest absolute Gasteiger partial charge is 0.320 e. The summed E-state index contributed by atoms with van der Waals surface area (Å²) in [5.41, 5.74) is 8.31. The predicted molar refractivity (Wildman–Crippen MR) is 49.1 cm³/mol. The molecule has 0 aromatic heterocycles. The van der Waals surface area contributed by atoms with Crippen LogP contribution in [0.25, 0.3) is 0 Å². The molecule has 0 fully saturated rings. The molecule has 1 aromatic carbocycles. The van der Waals surface area contributed by atoms with Crippen molar-refractivity contribution in [1.82, 2.24) is 0 Å². The molecular weight excluding hydrogens is 137 g/mol. The molecule has 0 heterocycles. The largest absolute Gasteiger partial charge is 0.446 e. The zero-order chi connectivity index (χ0) is 8.43. The molecule has 0 aliphatic heterocycles. The van der Waals surface area contributed by atoms with Crippen molar-refractivity contribution in [2.45, 2.75) is 13.7 Å². The molecule has 11 heavy (non-hydrogen) atoms. The molecule has 58 valence electrons. The number of rotatable bonds is 1. The maximum atomic E-state index is 9.18. The lowest BCUT2D eigenvalue weighted by molar-refractivity contribution is 0.594. The third-order valence-electron chi connectivity index (χ3n) is 1.79. The van der Waals surface area contributed by atoms with Gasteiger partial charge in [0.2, 0.25) is 0 Å². The van der Waals surface area contributed by atoms with Crippen molar-refractivity contribution in [3.05, 3.63) is 23.8 Å². The van der Waals surface area contributed by atoms with Crippen LogP contribution in [0.15, 0.2) is 18.2 Å². The van der Waals surface area contributed by atoms with Crippen molar-refractivity contribution in [3.63, 3.8) is 0 Å². The molecule has 0 saturated heterocycles. The van der Waals surface area contributed by atoms with Crippen LogP contribution in [0.3, 0.4) is 0 Å². The minimum atomic E-state index is -0.433. The third-order valence-corrected chi connectivity index (χ3v) is 1.79. The lowest BCUT2D eigenvalue weighted by Gasteiger charge is -2.04. The Balaban J connectivity index is 3.05. The summed E-state index contributed by atoms with van der Waals surface area (Å²) in [7, 11) is 0. The Morgan fingerprint density at radius 2 is 2.09 bits per heavy atom. The van der Waals surface area contributed by atoms with Crippen LogP contribution in [0.1, 0.15) is 5.56 Å². The molecule has 3 heteroatoms. The van der Waals surface area contributed by atoms with E-state index < -0.39 is 6.92 Å². The van der Waals surface area contributed by atoms with Crippen LogP contribution < -0.4 is 11.2 Å². The molecule has 0 radical (unpaired) electrons. The van der Waals surface area contributed by atoms with Crippen molar-refractivity contribution >= 4 is 18.1 Å². The van der Waals surface area contributed by atoms with Gasteiger partial charge in [-0.3, -0.25) is 0 Å². The van der Waals surface area contributed by atoms with Gasteiger partial charge in [-0.2, -0.15) is 0 Å². The zero-order valence-corrected chi connectivity index (χ0v) is 6.83. The van der Waals surface area contributed by atoms with Crippen LogP contribution in [0.2, 0.25) is 6.82 Å². The Bertz CT molecular complexity index is 260. The second-order valence-corrected chi connectivity index (χ2v) is 2.79. The summed E-state index contributed by atoms with van der Waals surface area (Å²) in [6, 6.07) is 5.60. The summed E-state index contributed by atoms with van der Waals surface area (Å²) in [4.78, 5) is 0. The van der Waals surface area contributed by atoms with Gasteiger partial charge in [-0.05, 0) is 24.0 Å². The maximum Gasteiger partial charge on any atom is 0.320 e. The SMILES string of the molecule is CB(O)c1ccc(C)c(N)c1. The molecule has 0 bridgehead atoms.